The molecule has 3 N–H and O–H groups in total. The molecule has 0 amide bonds. The predicted octanol–water partition coefficient (Wildman–Crippen LogP) is 1.45. The molecule has 6 heteroatoms. The Morgan fingerprint density at radius 3 is 2.53 bits per heavy atom. The van der Waals surface area contributed by atoms with E-state index in [1.807, 2.05) is 0 Å². The molecule has 0 aliphatic rings. The summed E-state index contributed by atoms with van der Waals surface area (Å²) in [6.07, 6.45) is 1.07. The lowest BCUT2D eigenvalue weighted by molar-refractivity contribution is 0.316. The zero-order chi connectivity index (χ0) is 13.1. The first-order valence-corrected chi connectivity index (χ1v) is 7.11. The Morgan fingerprint density at radius 1 is 1.41 bits per heavy atom. The minimum absolute atomic E-state index is 0.191. The molecule has 5 nitrogen and oxygen atoms in total. The van der Waals surface area contributed by atoms with Gasteiger partial charge in [-0.2, -0.15) is 0 Å². The van der Waals surface area contributed by atoms with Gasteiger partial charge in [0.15, 0.2) is 0 Å². The second-order valence-electron chi connectivity index (χ2n) is 4.89. The van der Waals surface area contributed by atoms with Crippen molar-refractivity contribution in [3.05, 3.63) is 17.9 Å². The van der Waals surface area contributed by atoms with Crippen molar-refractivity contribution in [3.63, 3.8) is 0 Å². The molecule has 0 aliphatic heterocycles. The third-order valence-corrected chi connectivity index (χ3v) is 3.56. The van der Waals surface area contributed by atoms with Crippen molar-refractivity contribution in [1.82, 2.24) is 5.32 Å². The van der Waals surface area contributed by atoms with Crippen LogP contribution in [-0.2, 0) is 16.6 Å². The predicted molar refractivity (Wildman–Crippen MR) is 65.9 cm³/mol. The highest BCUT2D eigenvalue weighted by Crippen LogP contribution is 2.18. The van der Waals surface area contributed by atoms with Gasteiger partial charge in [0.25, 0.3) is 10.0 Å². The summed E-state index contributed by atoms with van der Waals surface area (Å²) in [7, 11) is -3.73. The smallest absolute Gasteiger partial charge is 0.271 e. The quantitative estimate of drug-likeness (QED) is 0.810. The van der Waals surface area contributed by atoms with Crippen LogP contribution in [0.1, 0.15) is 33.0 Å². The van der Waals surface area contributed by atoms with E-state index in [-0.39, 0.29) is 10.5 Å². The van der Waals surface area contributed by atoms with Crippen LogP contribution in [-0.4, -0.2) is 15.0 Å². The molecule has 17 heavy (non-hydrogen) atoms. The van der Waals surface area contributed by atoms with Crippen LogP contribution >= 0.6 is 0 Å². The molecule has 98 valence electrons. The third kappa shape index (κ3) is 4.49. The summed E-state index contributed by atoms with van der Waals surface area (Å²) in [6.45, 7) is 7.80. The number of primary sulfonamides is 1. The number of rotatable bonds is 6. The molecule has 0 unspecified atom stereocenters. The number of furan rings is 1. The zero-order valence-electron chi connectivity index (χ0n) is 10.5. The number of sulfonamides is 1. The Morgan fingerprint density at radius 2 is 2.06 bits per heavy atom. The van der Waals surface area contributed by atoms with E-state index in [1.54, 1.807) is 6.07 Å². The van der Waals surface area contributed by atoms with Crippen LogP contribution < -0.4 is 10.5 Å². The molecule has 1 rings (SSSR count). The molecule has 0 spiro atoms. The van der Waals surface area contributed by atoms with Gasteiger partial charge >= 0.3 is 0 Å². The zero-order valence-corrected chi connectivity index (χ0v) is 11.3. The maximum Gasteiger partial charge on any atom is 0.271 e. The van der Waals surface area contributed by atoms with Crippen molar-refractivity contribution in [2.24, 2.45) is 10.6 Å². The lowest BCUT2D eigenvalue weighted by atomic mass is 9.90. The number of nitrogens with two attached hydrogens (primary N) is 1. The minimum atomic E-state index is -3.73. The van der Waals surface area contributed by atoms with E-state index >= 15 is 0 Å². The largest absolute Gasteiger partial charge is 0.447 e. The fraction of sp³-hybridized carbons (Fsp3) is 0.636. The van der Waals surface area contributed by atoms with Crippen LogP contribution in [0.3, 0.4) is 0 Å². The lowest BCUT2D eigenvalue weighted by Gasteiger charge is -2.22. The molecular weight excluding hydrogens is 240 g/mol. The van der Waals surface area contributed by atoms with Gasteiger partial charge < -0.3 is 9.73 Å². The third-order valence-electron chi connectivity index (χ3n) is 2.78. The molecule has 0 aromatic carbocycles. The van der Waals surface area contributed by atoms with Crippen molar-refractivity contribution >= 4 is 10.0 Å². The van der Waals surface area contributed by atoms with Crippen molar-refractivity contribution in [1.29, 1.82) is 0 Å². The van der Waals surface area contributed by atoms with Crippen molar-refractivity contribution in [3.8, 4) is 0 Å². The summed E-state index contributed by atoms with van der Waals surface area (Å²) < 4.78 is 27.1. The number of nitrogens with one attached hydrogen (secondary N) is 1. The molecule has 0 fully saturated rings. The highest BCUT2D eigenvalue weighted by molar-refractivity contribution is 7.89. The molecule has 0 atom stereocenters. The number of hydrogen-bond donors (Lipinski definition) is 2. The maximum atomic E-state index is 11.0. The summed E-state index contributed by atoms with van der Waals surface area (Å²) in [5.41, 5.74) is 0.218. The van der Waals surface area contributed by atoms with Crippen LogP contribution in [0, 0.1) is 5.41 Å². The SMILES string of the molecule is CCC(C)(C)CNCc1ccc(S(N)(=O)=O)o1. The summed E-state index contributed by atoms with van der Waals surface area (Å²) in [5.74, 6) is 0.570. The highest BCUT2D eigenvalue weighted by atomic mass is 32.2. The van der Waals surface area contributed by atoms with Gasteiger partial charge in [-0.25, -0.2) is 13.6 Å². The average Bonchev–Trinajstić information content (AvgIpc) is 2.66. The Balaban J connectivity index is 2.52. The molecule has 1 heterocycles. The fourth-order valence-electron chi connectivity index (χ4n) is 1.26. The fourth-order valence-corrected chi connectivity index (χ4v) is 1.74. The minimum Gasteiger partial charge on any atom is -0.447 e. The first kappa shape index (κ1) is 14.2. The average molecular weight is 260 g/mol. The van der Waals surface area contributed by atoms with Crippen molar-refractivity contribution in [2.45, 2.75) is 38.8 Å². The first-order valence-electron chi connectivity index (χ1n) is 5.57. The van der Waals surface area contributed by atoms with Gasteiger partial charge in [-0.3, -0.25) is 0 Å². The van der Waals surface area contributed by atoms with Gasteiger partial charge in [0.2, 0.25) is 5.09 Å². The monoisotopic (exact) mass is 260 g/mol. The van der Waals surface area contributed by atoms with Crippen molar-refractivity contribution in [2.75, 3.05) is 6.54 Å². The van der Waals surface area contributed by atoms with E-state index < -0.39 is 10.0 Å². The van der Waals surface area contributed by atoms with Gasteiger partial charge in [-0.05, 0) is 24.0 Å². The van der Waals surface area contributed by atoms with Gasteiger partial charge in [0.05, 0.1) is 6.54 Å². The second kappa shape index (κ2) is 5.20. The van der Waals surface area contributed by atoms with Gasteiger partial charge in [0.1, 0.15) is 5.76 Å². The van der Waals surface area contributed by atoms with Crippen LogP contribution in [0.4, 0.5) is 0 Å². The summed E-state index contributed by atoms with van der Waals surface area (Å²) in [5, 5.41) is 7.99. The molecule has 0 saturated carbocycles. The molecule has 0 radical (unpaired) electrons. The van der Waals surface area contributed by atoms with Crippen molar-refractivity contribution < 1.29 is 12.8 Å². The summed E-state index contributed by atoms with van der Waals surface area (Å²) in [4.78, 5) is 0. The van der Waals surface area contributed by atoms with Gasteiger partial charge in [-0.15, -0.1) is 0 Å². The Hall–Kier alpha value is -0.850. The summed E-state index contributed by atoms with van der Waals surface area (Å²) >= 11 is 0. The number of hydrogen-bond acceptors (Lipinski definition) is 4. The Bertz CT molecular complexity index is 463. The standard InChI is InChI=1S/C11H20N2O3S/c1-4-11(2,3)8-13-7-9-5-6-10(16-9)17(12,14)15/h5-6,13H,4,7-8H2,1-3H3,(H2,12,14,15). The molecular formula is C11H20N2O3S. The molecule has 0 aliphatic carbocycles. The van der Waals surface area contributed by atoms with Crippen LogP contribution in [0.5, 0.6) is 0 Å². The Labute approximate surface area is 102 Å². The first-order chi connectivity index (χ1) is 7.74. The van der Waals surface area contributed by atoms with Gasteiger partial charge in [0, 0.05) is 6.54 Å². The van der Waals surface area contributed by atoms with Crippen LogP contribution in [0.15, 0.2) is 21.6 Å². The van der Waals surface area contributed by atoms with E-state index in [2.05, 4.69) is 26.1 Å². The van der Waals surface area contributed by atoms with E-state index in [1.165, 1.54) is 6.07 Å². The lowest BCUT2D eigenvalue weighted by Crippen LogP contribution is -2.28. The molecule has 1 aromatic rings. The van der Waals surface area contributed by atoms with Gasteiger partial charge in [-0.1, -0.05) is 20.8 Å². The maximum absolute atomic E-state index is 11.0. The molecule has 0 bridgehead atoms. The molecule has 0 saturated heterocycles. The second-order valence-corrected chi connectivity index (χ2v) is 6.38. The molecule has 1 aromatic heterocycles. The topological polar surface area (TPSA) is 85.3 Å². The van der Waals surface area contributed by atoms with Crippen LogP contribution in [0.2, 0.25) is 0 Å². The van der Waals surface area contributed by atoms with E-state index in [4.69, 9.17) is 9.56 Å². The van der Waals surface area contributed by atoms with Crippen LogP contribution in [0.25, 0.3) is 0 Å². The van der Waals surface area contributed by atoms with E-state index in [0.717, 1.165) is 13.0 Å². The van der Waals surface area contributed by atoms with E-state index in [9.17, 15) is 8.42 Å². The Kier molecular flexibility index (Phi) is 4.35. The van der Waals surface area contributed by atoms with E-state index in [0.29, 0.717) is 12.3 Å². The summed E-state index contributed by atoms with van der Waals surface area (Å²) in [6, 6.07) is 2.99. The normalized spacial score (nSPS) is 12.9. The highest BCUT2D eigenvalue weighted by Gasteiger charge is 2.16.